The fraction of sp³-hybridized carbons (Fsp3) is 0.400. The molecule has 17 heavy (non-hydrogen) atoms. The second kappa shape index (κ2) is 6.24. The zero-order chi connectivity index (χ0) is 12.8. The molecule has 0 heterocycles. The molecule has 0 fully saturated rings. The minimum Gasteiger partial charge on any atom is -0.481 e. The van der Waals surface area contributed by atoms with E-state index >= 15 is 0 Å². The summed E-state index contributed by atoms with van der Waals surface area (Å²) in [5, 5.41) is 9.29. The molecule has 92 valence electrons. The lowest BCUT2D eigenvalue weighted by atomic mass is 9.85. The van der Waals surface area contributed by atoms with E-state index in [4.69, 9.17) is 0 Å². The zero-order valence-corrected chi connectivity index (χ0v) is 10.7. The molecule has 0 saturated heterocycles. The molecule has 1 aromatic carbocycles. The maximum Gasteiger partial charge on any atom is 0.307 e. The van der Waals surface area contributed by atoms with E-state index in [9.17, 15) is 9.90 Å². The number of hydrogen-bond acceptors (Lipinski definition) is 1. The number of carboxylic acid groups (broad SMARTS) is 1. The monoisotopic (exact) mass is 232 g/mol. The maximum absolute atomic E-state index is 11.3. The highest BCUT2D eigenvalue weighted by atomic mass is 16.4. The number of aliphatic carboxylic acids is 1. The molecule has 1 rings (SSSR count). The summed E-state index contributed by atoms with van der Waals surface area (Å²) in [4.78, 5) is 11.3. The highest BCUT2D eigenvalue weighted by molar-refractivity contribution is 5.71. The molecular weight excluding hydrogens is 212 g/mol. The number of allylic oxidation sites excluding steroid dienone is 2. The Morgan fingerprint density at radius 2 is 1.88 bits per heavy atom. The molecule has 2 heteroatoms. The van der Waals surface area contributed by atoms with Gasteiger partial charge in [-0.25, -0.2) is 0 Å². The second-order valence-corrected chi connectivity index (χ2v) is 4.66. The van der Waals surface area contributed by atoms with Crippen molar-refractivity contribution < 1.29 is 9.90 Å². The van der Waals surface area contributed by atoms with E-state index in [2.05, 4.69) is 0 Å². The fourth-order valence-corrected chi connectivity index (χ4v) is 1.87. The van der Waals surface area contributed by atoms with E-state index in [1.807, 2.05) is 57.2 Å². The topological polar surface area (TPSA) is 37.3 Å². The molecule has 0 saturated carbocycles. The van der Waals surface area contributed by atoms with Crippen LogP contribution in [0, 0.1) is 5.92 Å². The molecule has 0 aliphatic rings. The number of carboxylic acids is 1. The van der Waals surface area contributed by atoms with Crippen molar-refractivity contribution in [2.75, 3.05) is 0 Å². The molecule has 2 atom stereocenters. The number of benzene rings is 1. The van der Waals surface area contributed by atoms with Gasteiger partial charge in [-0.1, -0.05) is 48.9 Å². The third-order valence-corrected chi connectivity index (χ3v) is 3.03. The van der Waals surface area contributed by atoms with Gasteiger partial charge >= 0.3 is 5.97 Å². The highest BCUT2D eigenvalue weighted by Crippen LogP contribution is 2.27. The van der Waals surface area contributed by atoms with E-state index in [1.165, 1.54) is 0 Å². The quantitative estimate of drug-likeness (QED) is 0.783. The van der Waals surface area contributed by atoms with Gasteiger partial charge in [0.05, 0.1) is 5.92 Å². The Morgan fingerprint density at radius 1 is 1.29 bits per heavy atom. The first-order valence-electron chi connectivity index (χ1n) is 5.93. The molecule has 2 nitrogen and oxygen atoms in total. The molecular formula is C15H20O2. The fourth-order valence-electron chi connectivity index (χ4n) is 1.87. The molecule has 0 aromatic heterocycles. The Morgan fingerprint density at radius 3 is 2.35 bits per heavy atom. The van der Waals surface area contributed by atoms with Gasteiger partial charge in [-0.05, 0) is 31.7 Å². The van der Waals surface area contributed by atoms with Crippen molar-refractivity contribution in [1.82, 2.24) is 0 Å². The number of hydrogen-bond donors (Lipinski definition) is 1. The van der Waals surface area contributed by atoms with Crippen LogP contribution in [0.2, 0.25) is 0 Å². The van der Waals surface area contributed by atoms with Gasteiger partial charge < -0.3 is 5.11 Å². The van der Waals surface area contributed by atoms with E-state index in [1.54, 1.807) is 0 Å². The Labute approximate surface area is 103 Å². The van der Waals surface area contributed by atoms with Crippen LogP contribution in [0.25, 0.3) is 0 Å². The van der Waals surface area contributed by atoms with Gasteiger partial charge in [-0.3, -0.25) is 4.79 Å². The Balaban J connectivity index is 2.85. The molecule has 0 amide bonds. The minimum absolute atomic E-state index is 0.0318. The first kappa shape index (κ1) is 13.5. The van der Waals surface area contributed by atoms with Gasteiger partial charge in [0.15, 0.2) is 0 Å². The van der Waals surface area contributed by atoms with Crippen LogP contribution in [-0.2, 0) is 4.79 Å². The van der Waals surface area contributed by atoms with Crippen LogP contribution >= 0.6 is 0 Å². The van der Waals surface area contributed by atoms with Gasteiger partial charge in [0.1, 0.15) is 0 Å². The lowest BCUT2D eigenvalue weighted by Crippen LogP contribution is -2.19. The van der Waals surface area contributed by atoms with Crippen molar-refractivity contribution in [3.63, 3.8) is 0 Å². The van der Waals surface area contributed by atoms with Crippen LogP contribution in [0.3, 0.4) is 0 Å². The second-order valence-electron chi connectivity index (χ2n) is 4.66. The zero-order valence-electron chi connectivity index (χ0n) is 10.7. The standard InChI is InChI=1S/C15H20O2/c1-11(2)9-10-14(15(16)17)12(3)13-7-5-4-6-8-13/h4-9,12,14H,10H2,1-3H3,(H,16,17)/t12-,14+/m0/s1. The first-order chi connectivity index (χ1) is 8.02. The van der Waals surface area contributed by atoms with Crippen molar-refractivity contribution >= 4 is 5.97 Å². The summed E-state index contributed by atoms with van der Waals surface area (Å²) in [5.74, 6) is -1.05. The van der Waals surface area contributed by atoms with Crippen LogP contribution in [-0.4, -0.2) is 11.1 Å². The third-order valence-electron chi connectivity index (χ3n) is 3.03. The Bertz CT molecular complexity index is 389. The summed E-state index contributed by atoms with van der Waals surface area (Å²) >= 11 is 0. The van der Waals surface area contributed by atoms with Gasteiger partial charge in [0, 0.05) is 0 Å². The molecule has 0 bridgehead atoms. The summed E-state index contributed by atoms with van der Waals surface area (Å²) in [6, 6.07) is 9.83. The van der Waals surface area contributed by atoms with Crippen LogP contribution in [0.15, 0.2) is 42.0 Å². The van der Waals surface area contributed by atoms with E-state index < -0.39 is 5.97 Å². The minimum atomic E-state index is -0.723. The van der Waals surface area contributed by atoms with Crippen LogP contribution < -0.4 is 0 Å². The molecule has 0 aliphatic heterocycles. The summed E-state index contributed by atoms with van der Waals surface area (Å²) in [7, 11) is 0. The van der Waals surface area contributed by atoms with Crippen molar-refractivity contribution in [2.45, 2.75) is 33.1 Å². The Kier molecular flexibility index (Phi) is 4.95. The summed E-state index contributed by atoms with van der Waals surface area (Å²) in [6.45, 7) is 5.96. The first-order valence-corrected chi connectivity index (χ1v) is 5.93. The smallest absolute Gasteiger partial charge is 0.307 e. The van der Waals surface area contributed by atoms with E-state index in [0.29, 0.717) is 6.42 Å². The van der Waals surface area contributed by atoms with Crippen LogP contribution in [0.5, 0.6) is 0 Å². The molecule has 0 unspecified atom stereocenters. The van der Waals surface area contributed by atoms with E-state index in [0.717, 1.165) is 11.1 Å². The van der Waals surface area contributed by atoms with E-state index in [-0.39, 0.29) is 11.8 Å². The molecule has 1 aromatic rings. The predicted molar refractivity (Wildman–Crippen MR) is 70.0 cm³/mol. The summed E-state index contributed by atoms with van der Waals surface area (Å²) in [6.07, 6.45) is 2.59. The molecule has 0 spiro atoms. The summed E-state index contributed by atoms with van der Waals surface area (Å²) < 4.78 is 0. The third kappa shape index (κ3) is 4.06. The van der Waals surface area contributed by atoms with Gasteiger partial charge in [-0.2, -0.15) is 0 Å². The number of rotatable bonds is 5. The van der Waals surface area contributed by atoms with Crippen molar-refractivity contribution in [3.8, 4) is 0 Å². The van der Waals surface area contributed by atoms with Crippen LogP contribution in [0.1, 0.15) is 38.7 Å². The largest absolute Gasteiger partial charge is 0.481 e. The number of carbonyl (C=O) groups is 1. The normalized spacial score (nSPS) is 13.8. The average Bonchev–Trinajstić information content (AvgIpc) is 2.29. The molecule has 1 N–H and O–H groups in total. The van der Waals surface area contributed by atoms with Crippen molar-refractivity contribution in [2.24, 2.45) is 5.92 Å². The Hall–Kier alpha value is -1.57. The summed E-state index contributed by atoms with van der Waals surface area (Å²) in [5.41, 5.74) is 2.25. The maximum atomic E-state index is 11.3. The SMILES string of the molecule is CC(C)=CC[C@@H](C(=O)O)[C@@H](C)c1ccccc1. The van der Waals surface area contributed by atoms with Gasteiger partial charge in [0.2, 0.25) is 0 Å². The predicted octanol–water partition coefficient (Wildman–Crippen LogP) is 3.85. The lowest BCUT2D eigenvalue weighted by molar-refractivity contribution is -0.142. The van der Waals surface area contributed by atoms with Crippen molar-refractivity contribution in [1.29, 1.82) is 0 Å². The van der Waals surface area contributed by atoms with Crippen molar-refractivity contribution in [3.05, 3.63) is 47.5 Å². The average molecular weight is 232 g/mol. The van der Waals surface area contributed by atoms with Gasteiger partial charge in [0.25, 0.3) is 0 Å². The highest BCUT2D eigenvalue weighted by Gasteiger charge is 2.24. The molecule has 0 radical (unpaired) electrons. The van der Waals surface area contributed by atoms with Gasteiger partial charge in [-0.15, -0.1) is 0 Å². The van der Waals surface area contributed by atoms with Crippen LogP contribution in [0.4, 0.5) is 0 Å². The lowest BCUT2D eigenvalue weighted by Gasteiger charge is -2.19. The molecule has 0 aliphatic carbocycles.